The van der Waals surface area contributed by atoms with E-state index < -0.39 is 9.84 Å². The Morgan fingerprint density at radius 1 is 1.33 bits per heavy atom. The van der Waals surface area contributed by atoms with Crippen LogP contribution in [0.4, 0.5) is 0 Å². The first kappa shape index (κ1) is 14.0. The van der Waals surface area contributed by atoms with Crippen molar-refractivity contribution < 1.29 is 8.42 Å². The van der Waals surface area contributed by atoms with Gasteiger partial charge in [0.25, 0.3) is 0 Å². The predicted molar refractivity (Wildman–Crippen MR) is 76.6 cm³/mol. The predicted octanol–water partition coefficient (Wildman–Crippen LogP) is 2.44. The van der Waals surface area contributed by atoms with Crippen molar-refractivity contribution in [1.82, 2.24) is 5.32 Å². The van der Waals surface area contributed by atoms with Crippen LogP contribution in [-0.4, -0.2) is 26.5 Å². The van der Waals surface area contributed by atoms with Gasteiger partial charge in [-0.15, -0.1) is 11.3 Å². The minimum atomic E-state index is -2.87. The fraction of sp³-hybridized carbons (Fsp3) is 0.692. The van der Waals surface area contributed by atoms with Gasteiger partial charge in [0.05, 0.1) is 11.5 Å². The van der Waals surface area contributed by atoms with Gasteiger partial charge in [-0.25, -0.2) is 8.42 Å². The lowest BCUT2D eigenvalue weighted by atomic mass is 10.1. The third kappa shape index (κ3) is 4.71. The zero-order valence-corrected chi connectivity index (χ0v) is 12.2. The van der Waals surface area contributed by atoms with Crippen LogP contribution in [0.25, 0.3) is 0 Å². The number of sulfone groups is 1. The van der Waals surface area contributed by atoms with Crippen molar-refractivity contribution in [2.45, 2.75) is 32.2 Å². The maximum atomic E-state index is 11.9. The molecule has 0 saturated heterocycles. The SMILES string of the molecule is O=S(=O)(CCNCc1cccs1)CC1CCCC1. The second kappa shape index (κ2) is 6.68. The van der Waals surface area contributed by atoms with Gasteiger partial charge in [0, 0.05) is 18.0 Å². The molecule has 0 unspecified atom stereocenters. The molecule has 1 aromatic rings. The maximum absolute atomic E-state index is 11.9. The van der Waals surface area contributed by atoms with Crippen LogP contribution < -0.4 is 5.32 Å². The van der Waals surface area contributed by atoms with Crippen molar-refractivity contribution in [2.75, 3.05) is 18.1 Å². The van der Waals surface area contributed by atoms with Gasteiger partial charge < -0.3 is 5.32 Å². The molecule has 0 aliphatic heterocycles. The molecule has 1 aromatic heterocycles. The molecular weight excluding hydrogens is 266 g/mol. The molecule has 18 heavy (non-hydrogen) atoms. The van der Waals surface area contributed by atoms with E-state index in [0.717, 1.165) is 19.4 Å². The number of thiophene rings is 1. The number of hydrogen-bond acceptors (Lipinski definition) is 4. The van der Waals surface area contributed by atoms with Gasteiger partial charge in [-0.2, -0.15) is 0 Å². The fourth-order valence-electron chi connectivity index (χ4n) is 2.47. The first-order chi connectivity index (χ1) is 8.66. The van der Waals surface area contributed by atoms with E-state index in [2.05, 4.69) is 11.4 Å². The second-order valence-electron chi connectivity index (χ2n) is 5.02. The Morgan fingerprint density at radius 2 is 2.11 bits per heavy atom. The summed E-state index contributed by atoms with van der Waals surface area (Å²) < 4.78 is 23.8. The smallest absolute Gasteiger partial charge is 0.151 e. The Kier molecular flexibility index (Phi) is 5.21. The monoisotopic (exact) mass is 287 g/mol. The van der Waals surface area contributed by atoms with Crippen LogP contribution in [0, 0.1) is 5.92 Å². The summed E-state index contributed by atoms with van der Waals surface area (Å²) in [6.07, 6.45) is 4.61. The highest BCUT2D eigenvalue weighted by molar-refractivity contribution is 7.91. The fourth-order valence-corrected chi connectivity index (χ4v) is 4.82. The Hall–Kier alpha value is -0.390. The molecule has 2 rings (SSSR count). The van der Waals surface area contributed by atoms with Crippen LogP contribution in [-0.2, 0) is 16.4 Å². The van der Waals surface area contributed by atoms with Gasteiger partial charge >= 0.3 is 0 Å². The molecule has 1 aliphatic carbocycles. The molecular formula is C13H21NO2S2. The van der Waals surface area contributed by atoms with Crippen molar-refractivity contribution in [1.29, 1.82) is 0 Å². The third-order valence-electron chi connectivity index (χ3n) is 3.43. The van der Waals surface area contributed by atoms with E-state index in [1.54, 1.807) is 11.3 Å². The van der Waals surface area contributed by atoms with Gasteiger partial charge in [-0.05, 0) is 30.2 Å². The highest BCUT2D eigenvalue weighted by Crippen LogP contribution is 2.26. The molecule has 0 atom stereocenters. The summed E-state index contributed by atoms with van der Waals surface area (Å²) >= 11 is 1.70. The van der Waals surface area contributed by atoms with Gasteiger partial charge in [0.2, 0.25) is 0 Å². The third-order valence-corrected chi connectivity index (χ3v) is 6.12. The molecule has 1 saturated carbocycles. The average Bonchev–Trinajstić information content (AvgIpc) is 2.96. The second-order valence-corrected chi connectivity index (χ2v) is 8.28. The maximum Gasteiger partial charge on any atom is 0.151 e. The minimum Gasteiger partial charge on any atom is -0.311 e. The lowest BCUT2D eigenvalue weighted by Gasteiger charge is -2.10. The number of hydrogen-bond donors (Lipinski definition) is 1. The largest absolute Gasteiger partial charge is 0.311 e. The Bertz CT molecular complexity index is 434. The first-order valence-corrected chi connectivity index (χ1v) is 9.29. The van der Waals surface area contributed by atoms with Crippen molar-refractivity contribution in [3.8, 4) is 0 Å². The Balaban J connectivity index is 1.65. The molecule has 0 amide bonds. The molecule has 0 aromatic carbocycles. The number of nitrogens with one attached hydrogen (secondary N) is 1. The van der Waals surface area contributed by atoms with E-state index in [1.807, 2.05) is 11.4 Å². The molecule has 0 spiro atoms. The summed E-state index contributed by atoms with van der Waals surface area (Å²) in [5, 5.41) is 5.24. The lowest BCUT2D eigenvalue weighted by molar-refractivity contribution is 0.556. The normalized spacial score (nSPS) is 17.3. The molecule has 1 fully saturated rings. The van der Waals surface area contributed by atoms with Gasteiger partial charge in [-0.3, -0.25) is 0 Å². The zero-order chi connectivity index (χ0) is 12.8. The Morgan fingerprint density at radius 3 is 2.78 bits per heavy atom. The van der Waals surface area contributed by atoms with E-state index >= 15 is 0 Å². The molecule has 1 heterocycles. The van der Waals surface area contributed by atoms with E-state index in [1.165, 1.54) is 17.7 Å². The molecule has 1 N–H and O–H groups in total. The molecule has 0 radical (unpaired) electrons. The van der Waals surface area contributed by atoms with Crippen molar-refractivity contribution >= 4 is 21.2 Å². The summed E-state index contributed by atoms with van der Waals surface area (Å²) in [6.45, 7) is 1.34. The van der Waals surface area contributed by atoms with Gasteiger partial charge in [0.1, 0.15) is 0 Å². The highest BCUT2D eigenvalue weighted by Gasteiger charge is 2.22. The average molecular weight is 287 g/mol. The summed E-state index contributed by atoms with van der Waals surface area (Å²) in [7, 11) is -2.87. The van der Waals surface area contributed by atoms with E-state index in [4.69, 9.17) is 0 Å². The lowest BCUT2D eigenvalue weighted by Crippen LogP contribution is -2.25. The zero-order valence-electron chi connectivity index (χ0n) is 10.6. The van der Waals surface area contributed by atoms with Crippen molar-refractivity contribution in [3.63, 3.8) is 0 Å². The topological polar surface area (TPSA) is 46.2 Å². The first-order valence-electron chi connectivity index (χ1n) is 6.59. The molecule has 1 aliphatic rings. The van der Waals surface area contributed by atoms with Crippen LogP contribution in [0.1, 0.15) is 30.6 Å². The van der Waals surface area contributed by atoms with Crippen molar-refractivity contribution in [3.05, 3.63) is 22.4 Å². The van der Waals surface area contributed by atoms with Crippen LogP contribution >= 0.6 is 11.3 Å². The van der Waals surface area contributed by atoms with Crippen molar-refractivity contribution in [2.24, 2.45) is 5.92 Å². The summed E-state index contributed by atoms with van der Waals surface area (Å²) in [5.41, 5.74) is 0. The quantitative estimate of drug-likeness (QED) is 0.784. The standard InChI is InChI=1S/C13H21NO2S2/c15-18(16,11-12-4-1-2-5-12)9-7-14-10-13-6-3-8-17-13/h3,6,8,12,14H,1-2,4-5,7,9-11H2. The molecule has 0 bridgehead atoms. The van der Waals surface area contributed by atoms with E-state index in [-0.39, 0.29) is 5.75 Å². The van der Waals surface area contributed by atoms with Crippen LogP contribution in [0.5, 0.6) is 0 Å². The summed E-state index contributed by atoms with van der Waals surface area (Å²) in [6, 6.07) is 4.07. The van der Waals surface area contributed by atoms with Gasteiger partial charge in [-0.1, -0.05) is 18.9 Å². The molecule has 3 nitrogen and oxygen atoms in total. The molecule has 5 heteroatoms. The summed E-state index contributed by atoms with van der Waals surface area (Å²) in [5.74, 6) is 1.09. The highest BCUT2D eigenvalue weighted by atomic mass is 32.2. The van der Waals surface area contributed by atoms with Gasteiger partial charge in [0.15, 0.2) is 9.84 Å². The summed E-state index contributed by atoms with van der Waals surface area (Å²) in [4.78, 5) is 1.25. The number of rotatable bonds is 7. The van der Waals surface area contributed by atoms with Crippen LogP contribution in [0.15, 0.2) is 17.5 Å². The minimum absolute atomic E-state index is 0.273. The van der Waals surface area contributed by atoms with E-state index in [9.17, 15) is 8.42 Å². The van der Waals surface area contributed by atoms with Crippen LogP contribution in [0.3, 0.4) is 0 Å². The van der Waals surface area contributed by atoms with Crippen LogP contribution in [0.2, 0.25) is 0 Å². The van der Waals surface area contributed by atoms with E-state index in [0.29, 0.717) is 18.2 Å². The molecule has 102 valence electrons. The Labute approximate surface area is 114 Å².